The van der Waals surface area contributed by atoms with E-state index in [1.165, 1.54) is 18.6 Å². The molecule has 2 amide bonds. The van der Waals surface area contributed by atoms with E-state index in [9.17, 15) is 14.6 Å². The molecule has 0 radical (unpaired) electrons. The van der Waals surface area contributed by atoms with Crippen molar-refractivity contribution >= 4 is 18.9 Å². The Labute approximate surface area is 187 Å². The number of carbonyl (C=O) groups is 2. The quantitative estimate of drug-likeness (QED) is 0.244. The molecule has 0 spiro atoms. The lowest BCUT2D eigenvalue weighted by molar-refractivity contribution is -0.122. The zero-order valence-electron chi connectivity index (χ0n) is 17.8. The Morgan fingerprint density at radius 3 is 2.53 bits per heavy atom. The van der Waals surface area contributed by atoms with E-state index in [1.54, 1.807) is 0 Å². The fraction of sp³-hybridized carbons (Fsp3) is 0.429. The van der Waals surface area contributed by atoms with Crippen molar-refractivity contribution in [3.05, 3.63) is 60.2 Å². The van der Waals surface area contributed by atoms with Crippen LogP contribution in [0.15, 0.2) is 48.9 Å². The Bertz CT molecular complexity index is 814. The van der Waals surface area contributed by atoms with Crippen molar-refractivity contribution < 1.29 is 29.5 Å². The highest BCUT2D eigenvalue weighted by molar-refractivity contribution is 6.43. The number of benzene rings is 1. The van der Waals surface area contributed by atoms with Crippen LogP contribution in [-0.2, 0) is 15.9 Å². The van der Waals surface area contributed by atoms with E-state index in [-0.39, 0.29) is 31.8 Å². The van der Waals surface area contributed by atoms with Crippen LogP contribution in [0.3, 0.4) is 0 Å². The van der Waals surface area contributed by atoms with Gasteiger partial charge in [0.1, 0.15) is 11.7 Å². The van der Waals surface area contributed by atoms with Crippen molar-refractivity contribution in [2.24, 2.45) is 0 Å². The number of carbonyl (C=O) groups excluding carboxylic acids is 2. The summed E-state index contributed by atoms with van der Waals surface area (Å²) in [5.74, 6) is -1.04. The predicted octanol–water partition coefficient (Wildman–Crippen LogP) is -0.506. The van der Waals surface area contributed by atoms with Crippen molar-refractivity contribution in [2.45, 2.75) is 37.8 Å². The standard InChI is InChI=1S/C21H29BN4O6/c27-11-4-7-17(8-12-28)32-22(31)15-25-20(29)18(13-16-5-2-1-3-6-16)26-21(30)19-14-23-9-10-24-19/h1-3,5-6,9-10,14,17-18,27-28,31H,4,7-8,11-13,15H2,(H,25,29)(H,26,30)/t17-,18-/m0/s1. The molecule has 5 N–H and O–H groups in total. The molecule has 0 unspecified atom stereocenters. The molecule has 0 fully saturated rings. The molecule has 0 aliphatic carbocycles. The van der Waals surface area contributed by atoms with Gasteiger partial charge in [0.15, 0.2) is 0 Å². The molecule has 0 saturated carbocycles. The Kier molecular flexibility index (Phi) is 11.3. The Balaban J connectivity index is 1.98. The molecule has 0 saturated heterocycles. The van der Waals surface area contributed by atoms with Crippen LogP contribution in [-0.4, -0.2) is 75.9 Å². The Hall–Kier alpha value is -2.86. The summed E-state index contributed by atoms with van der Waals surface area (Å²) in [4.78, 5) is 33.1. The summed E-state index contributed by atoms with van der Waals surface area (Å²) < 4.78 is 5.46. The summed E-state index contributed by atoms with van der Waals surface area (Å²) >= 11 is 0. The zero-order valence-corrected chi connectivity index (χ0v) is 17.8. The minimum Gasteiger partial charge on any atom is -0.426 e. The summed E-state index contributed by atoms with van der Waals surface area (Å²) in [7, 11) is -1.30. The van der Waals surface area contributed by atoms with E-state index in [2.05, 4.69) is 20.6 Å². The van der Waals surface area contributed by atoms with E-state index in [4.69, 9.17) is 14.9 Å². The van der Waals surface area contributed by atoms with Gasteiger partial charge in [-0.2, -0.15) is 0 Å². The minimum absolute atomic E-state index is 0.0230. The normalized spacial score (nSPS) is 12.6. The molecule has 0 aliphatic rings. The Morgan fingerprint density at radius 1 is 1.09 bits per heavy atom. The van der Waals surface area contributed by atoms with Gasteiger partial charge in [0.25, 0.3) is 5.91 Å². The summed E-state index contributed by atoms with van der Waals surface area (Å²) in [5, 5.41) is 33.4. The average molecular weight is 444 g/mol. The van der Waals surface area contributed by atoms with Gasteiger partial charge in [0.05, 0.1) is 12.6 Å². The van der Waals surface area contributed by atoms with Crippen LogP contribution in [0.25, 0.3) is 0 Å². The first-order valence-corrected chi connectivity index (χ1v) is 10.5. The average Bonchev–Trinajstić information content (AvgIpc) is 2.82. The summed E-state index contributed by atoms with van der Waals surface area (Å²) in [6, 6.07) is 8.28. The van der Waals surface area contributed by atoms with Crippen LogP contribution in [0.1, 0.15) is 35.3 Å². The number of aromatic nitrogens is 2. The van der Waals surface area contributed by atoms with Gasteiger partial charge in [-0.05, 0) is 24.8 Å². The highest BCUT2D eigenvalue weighted by Crippen LogP contribution is 2.08. The molecular formula is C21H29BN4O6. The van der Waals surface area contributed by atoms with E-state index < -0.39 is 31.1 Å². The molecule has 1 heterocycles. The van der Waals surface area contributed by atoms with E-state index in [0.29, 0.717) is 19.3 Å². The molecule has 1 aromatic carbocycles. The molecule has 11 heteroatoms. The van der Waals surface area contributed by atoms with Gasteiger partial charge >= 0.3 is 7.12 Å². The van der Waals surface area contributed by atoms with E-state index in [1.807, 2.05) is 30.3 Å². The second kappa shape index (κ2) is 14.3. The fourth-order valence-electron chi connectivity index (χ4n) is 3.03. The maximum Gasteiger partial charge on any atom is 0.474 e. The summed E-state index contributed by atoms with van der Waals surface area (Å²) in [6.45, 7) is -0.145. The number of nitrogens with one attached hydrogen (secondary N) is 2. The summed E-state index contributed by atoms with van der Waals surface area (Å²) in [6.07, 6.45) is 4.95. The number of rotatable bonds is 14. The van der Waals surface area contributed by atoms with Crippen LogP contribution >= 0.6 is 0 Å². The fourth-order valence-corrected chi connectivity index (χ4v) is 3.03. The monoisotopic (exact) mass is 444 g/mol. The number of hydrogen-bond donors (Lipinski definition) is 5. The Morgan fingerprint density at radius 2 is 1.88 bits per heavy atom. The zero-order chi connectivity index (χ0) is 23.2. The molecule has 0 bridgehead atoms. The molecule has 1 aromatic heterocycles. The van der Waals surface area contributed by atoms with E-state index in [0.717, 1.165) is 5.56 Å². The maximum atomic E-state index is 12.8. The molecular weight excluding hydrogens is 415 g/mol. The SMILES string of the molecule is O=C(N[C@@H](Cc1ccccc1)C(=O)NCB(O)O[C@H](CCO)CCCO)c1cnccn1. The van der Waals surface area contributed by atoms with Gasteiger partial charge in [-0.3, -0.25) is 14.6 Å². The van der Waals surface area contributed by atoms with Crippen LogP contribution < -0.4 is 10.6 Å². The third kappa shape index (κ3) is 9.10. The lowest BCUT2D eigenvalue weighted by Gasteiger charge is -2.21. The lowest BCUT2D eigenvalue weighted by atomic mass is 9.89. The molecule has 2 atom stereocenters. The van der Waals surface area contributed by atoms with Gasteiger partial charge in [-0.1, -0.05) is 30.3 Å². The van der Waals surface area contributed by atoms with Crippen molar-refractivity contribution in [1.82, 2.24) is 20.6 Å². The molecule has 2 rings (SSSR count). The second-order valence-electron chi connectivity index (χ2n) is 7.14. The number of aliphatic hydroxyl groups excluding tert-OH is 2. The molecule has 172 valence electrons. The third-order valence-corrected chi connectivity index (χ3v) is 4.64. The predicted molar refractivity (Wildman–Crippen MR) is 117 cm³/mol. The topological polar surface area (TPSA) is 154 Å². The maximum absolute atomic E-state index is 12.8. The van der Waals surface area contributed by atoms with Crippen molar-refractivity contribution in [2.75, 3.05) is 19.7 Å². The minimum atomic E-state index is -1.30. The van der Waals surface area contributed by atoms with E-state index >= 15 is 0 Å². The van der Waals surface area contributed by atoms with Gasteiger partial charge in [0.2, 0.25) is 5.91 Å². The van der Waals surface area contributed by atoms with Crippen molar-refractivity contribution in [1.29, 1.82) is 0 Å². The number of nitrogens with zero attached hydrogens (tertiary/aromatic N) is 2. The van der Waals surface area contributed by atoms with Crippen LogP contribution in [0.2, 0.25) is 0 Å². The van der Waals surface area contributed by atoms with Crippen molar-refractivity contribution in [3.8, 4) is 0 Å². The largest absolute Gasteiger partial charge is 0.474 e. The van der Waals surface area contributed by atoms with Crippen LogP contribution in [0, 0.1) is 0 Å². The van der Waals surface area contributed by atoms with Gasteiger partial charge in [0, 0.05) is 38.1 Å². The first-order valence-electron chi connectivity index (χ1n) is 10.5. The number of hydrogen-bond acceptors (Lipinski definition) is 8. The van der Waals surface area contributed by atoms with Crippen LogP contribution in [0.5, 0.6) is 0 Å². The van der Waals surface area contributed by atoms with Gasteiger partial charge < -0.3 is 30.5 Å². The number of amides is 2. The summed E-state index contributed by atoms with van der Waals surface area (Å²) in [5.41, 5.74) is 0.924. The first kappa shape index (κ1) is 25.4. The smallest absolute Gasteiger partial charge is 0.426 e. The van der Waals surface area contributed by atoms with Gasteiger partial charge in [-0.25, -0.2) is 4.98 Å². The van der Waals surface area contributed by atoms with Gasteiger partial charge in [-0.15, -0.1) is 0 Å². The second-order valence-corrected chi connectivity index (χ2v) is 7.14. The molecule has 2 aromatic rings. The lowest BCUT2D eigenvalue weighted by Crippen LogP contribution is -2.51. The number of aliphatic hydroxyl groups is 2. The molecule has 10 nitrogen and oxygen atoms in total. The van der Waals surface area contributed by atoms with Crippen molar-refractivity contribution in [3.63, 3.8) is 0 Å². The highest BCUT2D eigenvalue weighted by atomic mass is 16.5. The molecule has 32 heavy (non-hydrogen) atoms. The third-order valence-electron chi connectivity index (χ3n) is 4.64. The molecule has 0 aliphatic heterocycles. The highest BCUT2D eigenvalue weighted by Gasteiger charge is 2.25. The first-order chi connectivity index (χ1) is 15.5. The van der Waals surface area contributed by atoms with Crippen LogP contribution in [0.4, 0.5) is 0 Å².